The topological polar surface area (TPSA) is 12.0 Å². The Kier molecular flexibility index (Phi) is 7.62. The van der Waals surface area contributed by atoms with Gasteiger partial charge in [0.25, 0.3) is 0 Å². The van der Waals surface area contributed by atoms with E-state index in [1.54, 1.807) is 0 Å². The summed E-state index contributed by atoms with van der Waals surface area (Å²) in [4.78, 5) is 0. The van der Waals surface area contributed by atoms with Gasteiger partial charge in [-0.15, -0.1) is 0 Å². The van der Waals surface area contributed by atoms with Gasteiger partial charge in [0, 0.05) is 16.1 Å². The lowest BCUT2D eigenvalue weighted by molar-refractivity contribution is 0.394. The molecule has 0 heterocycles. The fourth-order valence-corrected chi connectivity index (χ4v) is 2.58. The summed E-state index contributed by atoms with van der Waals surface area (Å²) in [6, 6.07) is 5.33. The number of unbranched alkanes of at least 4 members (excludes halogenated alkanes) is 1. The SMILES string of the molecule is CCCCC(CC)CNC(C)c1ccc(Br)cc1F. The van der Waals surface area contributed by atoms with Crippen molar-refractivity contribution in [2.45, 2.75) is 52.5 Å². The molecule has 1 aromatic rings. The molecule has 0 radical (unpaired) electrons. The van der Waals surface area contributed by atoms with Crippen LogP contribution in [0.5, 0.6) is 0 Å². The molecule has 0 aliphatic rings. The molecule has 3 heteroatoms. The summed E-state index contributed by atoms with van der Waals surface area (Å²) in [5.74, 6) is 0.553. The predicted octanol–water partition coefficient (Wildman–Crippen LogP) is 5.46. The molecule has 2 unspecified atom stereocenters. The third-order valence-electron chi connectivity index (χ3n) is 3.68. The maximum atomic E-state index is 13.8. The van der Waals surface area contributed by atoms with Crippen LogP contribution in [0, 0.1) is 11.7 Å². The van der Waals surface area contributed by atoms with E-state index < -0.39 is 0 Å². The van der Waals surface area contributed by atoms with Crippen LogP contribution < -0.4 is 5.32 Å². The second-order valence-corrected chi connectivity index (χ2v) is 6.13. The average Bonchev–Trinajstić information content (AvgIpc) is 2.38. The van der Waals surface area contributed by atoms with Crippen LogP contribution in [0.25, 0.3) is 0 Å². The van der Waals surface area contributed by atoms with Crippen molar-refractivity contribution in [1.82, 2.24) is 5.32 Å². The Hall–Kier alpha value is -0.410. The minimum atomic E-state index is -0.143. The molecular weight excluding hydrogens is 305 g/mol. The standard InChI is InChI=1S/C16H25BrFN/c1-4-6-7-13(5-2)11-19-12(3)15-9-8-14(17)10-16(15)18/h8-10,12-13,19H,4-7,11H2,1-3H3. The van der Waals surface area contributed by atoms with Gasteiger partial charge in [-0.25, -0.2) is 4.39 Å². The lowest BCUT2D eigenvalue weighted by Crippen LogP contribution is -2.26. The smallest absolute Gasteiger partial charge is 0.129 e. The van der Waals surface area contributed by atoms with E-state index in [2.05, 4.69) is 35.1 Å². The zero-order chi connectivity index (χ0) is 14.3. The molecular formula is C16H25BrFN. The Balaban J connectivity index is 2.51. The lowest BCUT2D eigenvalue weighted by atomic mass is 9.98. The predicted molar refractivity (Wildman–Crippen MR) is 83.8 cm³/mol. The van der Waals surface area contributed by atoms with Gasteiger partial charge in [-0.1, -0.05) is 55.1 Å². The van der Waals surface area contributed by atoms with E-state index in [1.165, 1.54) is 31.7 Å². The summed E-state index contributed by atoms with van der Waals surface area (Å²) in [5.41, 5.74) is 0.744. The lowest BCUT2D eigenvalue weighted by Gasteiger charge is -2.20. The zero-order valence-corrected chi connectivity index (χ0v) is 13.8. The number of rotatable bonds is 8. The minimum absolute atomic E-state index is 0.0591. The Morgan fingerprint density at radius 3 is 2.63 bits per heavy atom. The third-order valence-corrected chi connectivity index (χ3v) is 4.18. The van der Waals surface area contributed by atoms with Gasteiger partial charge < -0.3 is 5.32 Å². The molecule has 19 heavy (non-hydrogen) atoms. The Morgan fingerprint density at radius 1 is 1.32 bits per heavy atom. The van der Waals surface area contributed by atoms with E-state index in [0.717, 1.165) is 16.6 Å². The number of hydrogen-bond donors (Lipinski definition) is 1. The van der Waals surface area contributed by atoms with Crippen LogP contribution in [-0.4, -0.2) is 6.54 Å². The Morgan fingerprint density at radius 2 is 2.05 bits per heavy atom. The van der Waals surface area contributed by atoms with Gasteiger partial charge in [0.2, 0.25) is 0 Å². The van der Waals surface area contributed by atoms with E-state index in [0.29, 0.717) is 5.92 Å². The van der Waals surface area contributed by atoms with Crippen LogP contribution in [0.2, 0.25) is 0 Å². The van der Waals surface area contributed by atoms with Crippen molar-refractivity contribution in [3.8, 4) is 0 Å². The number of nitrogens with one attached hydrogen (secondary N) is 1. The van der Waals surface area contributed by atoms with E-state index in [9.17, 15) is 4.39 Å². The summed E-state index contributed by atoms with van der Waals surface area (Å²) in [6.07, 6.45) is 4.96. The summed E-state index contributed by atoms with van der Waals surface area (Å²) in [6.45, 7) is 7.44. The summed E-state index contributed by atoms with van der Waals surface area (Å²) >= 11 is 3.29. The molecule has 0 saturated carbocycles. The second kappa shape index (κ2) is 8.70. The maximum absolute atomic E-state index is 13.8. The van der Waals surface area contributed by atoms with Crippen molar-refractivity contribution >= 4 is 15.9 Å². The van der Waals surface area contributed by atoms with E-state index in [1.807, 2.05) is 19.1 Å². The molecule has 0 aliphatic heterocycles. The van der Waals surface area contributed by atoms with Crippen molar-refractivity contribution < 1.29 is 4.39 Å². The molecule has 1 N–H and O–H groups in total. The molecule has 0 saturated heterocycles. The highest BCUT2D eigenvalue weighted by Crippen LogP contribution is 2.21. The number of halogens is 2. The fraction of sp³-hybridized carbons (Fsp3) is 0.625. The van der Waals surface area contributed by atoms with Gasteiger partial charge in [-0.05, 0) is 37.9 Å². The van der Waals surface area contributed by atoms with Gasteiger partial charge >= 0.3 is 0 Å². The Labute approximate surface area is 125 Å². The van der Waals surface area contributed by atoms with Crippen LogP contribution in [0.15, 0.2) is 22.7 Å². The third kappa shape index (κ3) is 5.62. The monoisotopic (exact) mass is 329 g/mol. The van der Waals surface area contributed by atoms with Crippen molar-refractivity contribution in [2.24, 2.45) is 5.92 Å². The molecule has 0 spiro atoms. The molecule has 0 amide bonds. The van der Waals surface area contributed by atoms with Gasteiger partial charge in [-0.3, -0.25) is 0 Å². The maximum Gasteiger partial charge on any atom is 0.129 e. The van der Waals surface area contributed by atoms with Crippen LogP contribution in [0.4, 0.5) is 4.39 Å². The molecule has 0 aliphatic carbocycles. The second-order valence-electron chi connectivity index (χ2n) is 5.21. The van der Waals surface area contributed by atoms with Crippen molar-refractivity contribution in [3.63, 3.8) is 0 Å². The first kappa shape index (κ1) is 16.6. The molecule has 0 aromatic heterocycles. The van der Waals surface area contributed by atoms with Crippen LogP contribution in [0.1, 0.15) is 58.1 Å². The molecule has 0 fully saturated rings. The first-order valence-corrected chi connectivity index (χ1v) is 8.06. The normalized spacial score (nSPS) is 14.4. The first-order chi connectivity index (χ1) is 9.08. The van der Waals surface area contributed by atoms with Crippen molar-refractivity contribution in [2.75, 3.05) is 6.54 Å². The van der Waals surface area contributed by atoms with E-state index in [-0.39, 0.29) is 11.9 Å². The quantitative estimate of drug-likeness (QED) is 0.668. The van der Waals surface area contributed by atoms with E-state index in [4.69, 9.17) is 0 Å². The van der Waals surface area contributed by atoms with Gasteiger partial charge in [-0.2, -0.15) is 0 Å². The highest BCUT2D eigenvalue weighted by Gasteiger charge is 2.13. The van der Waals surface area contributed by atoms with Gasteiger partial charge in [0.05, 0.1) is 0 Å². The molecule has 0 bridgehead atoms. The van der Waals surface area contributed by atoms with Crippen molar-refractivity contribution in [3.05, 3.63) is 34.1 Å². The average molecular weight is 330 g/mol. The summed E-state index contributed by atoms with van der Waals surface area (Å²) < 4.78 is 14.6. The number of benzene rings is 1. The zero-order valence-electron chi connectivity index (χ0n) is 12.2. The van der Waals surface area contributed by atoms with Crippen LogP contribution in [-0.2, 0) is 0 Å². The summed E-state index contributed by atoms with van der Waals surface area (Å²) in [7, 11) is 0. The highest BCUT2D eigenvalue weighted by molar-refractivity contribution is 9.10. The molecule has 108 valence electrons. The number of hydrogen-bond acceptors (Lipinski definition) is 1. The van der Waals surface area contributed by atoms with Crippen LogP contribution in [0.3, 0.4) is 0 Å². The highest BCUT2D eigenvalue weighted by atomic mass is 79.9. The summed E-state index contributed by atoms with van der Waals surface area (Å²) in [5, 5.41) is 3.46. The van der Waals surface area contributed by atoms with Gasteiger partial charge in [0.1, 0.15) is 5.82 Å². The van der Waals surface area contributed by atoms with Gasteiger partial charge in [0.15, 0.2) is 0 Å². The van der Waals surface area contributed by atoms with Crippen LogP contribution >= 0.6 is 15.9 Å². The first-order valence-electron chi connectivity index (χ1n) is 7.26. The molecule has 1 nitrogen and oxygen atoms in total. The fourth-order valence-electron chi connectivity index (χ4n) is 2.25. The van der Waals surface area contributed by atoms with Crippen molar-refractivity contribution in [1.29, 1.82) is 0 Å². The molecule has 1 aromatic carbocycles. The molecule has 1 rings (SSSR count). The largest absolute Gasteiger partial charge is 0.310 e. The van der Waals surface area contributed by atoms with E-state index >= 15 is 0 Å². The molecule has 2 atom stereocenters. The Bertz CT molecular complexity index is 381. The minimum Gasteiger partial charge on any atom is -0.310 e.